The van der Waals surface area contributed by atoms with Crippen molar-refractivity contribution in [3.05, 3.63) is 28.8 Å². The van der Waals surface area contributed by atoms with E-state index in [1.807, 2.05) is 13.0 Å². The van der Waals surface area contributed by atoms with Crippen molar-refractivity contribution >= 4 is 0 Å². The van der Waals surface area contributed by atoms with Crippen LogP contribution < -0.4 is 5.73 Å². The fourth-order valence-corrected chi connectivity index (χ4v) is 2.09. The molecule has 0 aliphatic rings. The van der Waals surface area contributed by atoms with Crippen LogP contribution in [0.3, 0.4) is 0 Å². The third kappa shape index (κ3) is 2.38. The van der Waals surface area contributed by atoms with E-state index in [0.717, 1.165) is 16.7 Å². The van der Waals surface area contributed by atoms with Gasteiger partial charge in [-0.15, -0.1) is 0 Å². The second kappa shape index (κ2) is 4.88. The van der Waals surface area contributed by atoms with Gasteiger partial charge in [0.1, 0.15) is 5.75 Å². The molecule has 1 unspecified atom stereocenters. The summed E-state index contributed by atoms with van der Waals surface area (Å²) in [6, 6.07) is 3.98. The van der Waals surface area contributed by atoms with Crippen molar-refractivity contribution in [1.82, 2.24) is 0 Å². The number of phenols is 1. The predicted molar refractivity (Wildman–Crippen MR) is 68.9 cm³/mol. The molecule has 0 spiro atoms. The molecule has 16 heavy (non-hydrogen) atoms. The second-order valence-electron chi connectivity index (χ2n) is 5.10. The molecular formula is C14H23NO. The van der Waals surface area contributed by atoms with Gasteiger partial charge in [-0.2, -0.15) is 0 Å². The van der Waals surface area contributed by atoms with Crippen LogP contribution in [0.1, 0.15) is 69.2 Å². The summed E-state index contributed by atoms with van der Waals surface area (Å²) in [4.78, 5) is 0. The quantitative estimate of drug-likeness (QED) is 0.818. The summed E-state index contributed by atoms with van der Waals surface area (Å²) in [5.74, 6) is 1.09. The number of rotatable bonds is 3. The molecule has 90 valence electrons. The fourth-order valence-electron chi connectivity index (χ4n) is 2.09. The molecule has 1 aromatic rings. The first-order chi connectivity index (χ1) is 7.36. The van der Waals surface area contributed by atoms with Crippen LogP contribution in [0.5, 0.6) is 5.75 Å². The van der Waals surface area contributed by atoms with Gasteiger partial charge in [0.05, 0.1) is 0 Å². The summed E-state index contributed by atoms with van der Waals surface area (Å²) in [7, 11) is 0. The van der Waals surface area contributed by atoms with Gasteiger partial charge in [-0.3, -0.25) is 0 Å². The first-order valence-electron chi connectivity index (χ1n) is 5.97. The number of aromatic hydroxyl groups is 1. The molecule has 1 aromatic carbocycles. The molecule has 0 fully saturated rings. The van der Waals surface area contributed by atoms with Gasteiger partial charge >= 0.3 is 0 Å². The minimum atomic E-state index is -0.129. The number of hydrogen-bond donors (Lipinski definition) is 2. The van der Waals surface area contributed by atoms with Crippen LogP contribution in [0.15, 0.2) is 12.1 Å². The van der Waals surface area contributed by atoms with E-state index < -0.39 is 0 Å². The summed E-state index contributed by atoms with van der Waals surface area (Å²) >= 11 is 0. The Bertz CT molecular complexity index is 367. The Morgan fingerprint density at radius 2 is 1.38 bits per heavy atom. The highest BCUT2D eigenvalue weighted by Gasteiger charge is 2.18. The number of benzene rings is 1. The summed E-state index contributed by atoms with van der Waals surface area (Å²) in [5, 5.41) is 10.3. The molecule has 2 heteroatoms. The van der Waals surface area contributed by atoms with Gasteiger partial charge in [0.25, 0.3) is 0 Å². The molecule has 0 aromatic heterocycles. The minimum Gasteiger partial charge on any atom is -0.507 e. The maximum absolute atomic E-state index is 10.3. The Labute approximate surface area is 98.5 Å². The van der Waals surface area contributed by atoms with E-state index in [1.54, 1.807) is 0 Å². The zero-order valence-corrected chi connectivity index (χ0v) is 10.9. The lowest BCUT2D eigenvalue weighted by atomic mass is 9.88. The van der Waals surface area contributed by atoms with E-state index in [4.69, 9.17) is 5.73 Å². The highest BCUT2D eigenvalue weighted by molar-refractivity contribution is 5.49. The van der Waals surface area contributed by atoms with Gasteiger partial charge in [-0.1, -0.05) is 39.8 Å². The Balaban J connectivity index is 3.42. The minimum absolute atomic E-state index is 0.129. The molecule has 0 saturated heterocycles. The van der Waals surface area contributed by atoms with Gasteiger partial charge in [-0.05, 0) is 29.9 Å². The fraction of sp³-hybridized carbons (Fsp3) is 0.571. The van der Waals surface area contributed by atoms with E-state index in [9.17, 15) is 5.11 Å². The molecule has 0 amide bonds. The first kappa shape index (κ1) is 13.0. The number of hydrogen-bond acceptors (Lipinski definition) is 2. The van der Waals surface area contributed by atoms with Crippen molar-refractivity contribution in [2.24, 2.45) is 5.73 Å². The van der Waals surface area contributed by atoms with E-state index in [0.29, 0.717) is 17.6 Å². The Morgan fingerprint density at radius 1 is 0.938 bits per heavy atom. The molecule has 0 bridgehead atoms. The highest BCUT2D eigenvalue weighted by atomic mass is 16.3. The van der Waals surface area contributed by atoms with E-state index in [1.165, 1.54) is 0 Å². The van der Waals surface area contributed by atoms with Crippen molar-refractivity contribution in [3.63, 3.8) is 0 Å². The third-order valence-corrected chi connectivity index (χ3v) is 2.98. The SMILES string of the molecule is CC(C)c1ccc(C(C)C)c(C(C)N)c1O. The van der Waals surface area contributed by atoms with E-state index in [-0.39, 0.29) is 6.04 Å². The average Bonchev–Trinajstić information content (AvgIpc) is 2.15. The van der Waals surface area contributed by atoms with Crippen LogP contribution in [0.25, 0.3) is 0 Å². The van der Waals surface area contributed by atoms with Gasteiger partial charge < -0.3 is 10.8 Å². The molecule has 3 N–H and O–H groups in total. The number of nitrogens with two attached hydrogens (primary N) is 1. The molecule has 0 saturated carbocycles. The van der Waals surface area contributed by atoms with Crippen molar-refractivity contribution < 1.29 is 5.11 Å². The van der Waals surface area contributed by atoms with Gasteiger partial charge in [0, 0.05) is 11.6 Å². The average molecular weight is 221 g/mol. The number of phenolic OH excluding ortho intramolecular Hbond substituents is 1. The van der Waals surface area contributed by atoms with Crippen LogP contribution in [0, 0.1) is 0 Å². The largest absolute Gasteiger partial charge is 0.507 e. The maximum atomic E-state index is 10.3. The summed E-state index contributed by atoms with van der Waals surface area (Å²) in [6.45, 7) is 10.3. The lowest BCUT2D eigenvalue weighted by Gasteiger charge is -2.21. The highest BCUT2D eigenvalue weighted by Crippen LogP contribution is 2.37. The van der Waals surface area contributed by atoms with Crippen LogP contribution in [0.2, 0.25) is 0 Å². The molecule has 0 aliphatic heterocycles. The predicted octanol–water partition coefficient (Wildman–Crippen LogP) is 3.66. The standard InChI is InChI=1S/C14H23NO/c1-8(2)11-6-7-12(9(3)4)14(16)13(11)10(5)15/h6-10,16H,15H2,1-5H3. The third-order valence-electron chi connectivity index (χ3n) is 2.98. The Hall–Kier alpha value is -1.02. The van der Waals surface area contributed by atoms with Crippen molar-refractivity contribution in [3.8, 4) is 5.75 Å². The Morgan fingerprint density at radius 3 is 1.75 bits per heavy atom. The molecule has 0 heterocycles. The van der Waals surface area contributed by atoms with Crippen LogP contribution in [0.4, 0.5) is 0 Å². The lowest BCUT2D eigenvalue weighted by Crippen LogP contribution is -2.11. The molecule has 1 rings (SSSR count). The zero-order valence-electron chi connectivity index (χ0n) is 10.9. The van der Waals surface area contributed by atoms with Gasteiger partial charge in [0.15, 0.2) is 0 Å². The van der Waals surface area contributed by atoms with Gasteiger partial charge in [0.2, 0.25) is 0 Å². The van der Waals surface area contributed by atoms with Crippen molar-refractivity contribution in [2.75, 3.05) is 0 Å². The molecule has 1 atom stereocenters. The topological polar surface area (TPSA) is 46.2 Å². The second-order valence-corrected chi connectivity index (χ2v) is 5.10. The molecule has 0 aliphatic carbocycles. The first-order valence-corrected chi connectivity index (χ1v) is 5.97. The van der Waals surface area contributed by atoms with E-state index >= 15 is 0 Å². The summed E-state index contributed by atoms with van der Waals surface area (Å²) < 4.78 is 0. The smallest absolute Gasteiger partial charge is 0.124 e. The van der Waals surface area contributed by atoms with E-state index in [2.05, 4.69) is 33.8 Å². The molecule has 0 radical (unpaired) electrons. The summed E-state index contributed by atoms with van der Waals surface area (Å²) in [6.07, 6.45) is 0. The Kier molecular flexibility index (Phi) is 3.98. The van der Waals surface area contributed by atoms with Crippen molar-refractivity contribution in [2.45, 2.75) is 52.5 Å². The zero-order chi connectivity index (χ0) is 12.5. The maximum Gasteiger partial charge on any atom is 0.124 e. The lowest BCUT2D eigenvalue weighted by molar-refractivity contribution is 0.451. The van der Waals surface area contributed by atoms with Crippen LogP contribution >= 0.6 is 0 Å². The van der Waals surface area contributed by atoms with Gasteiger partial charge in [-0.25, -0.2) is 0 Å². The molecule has 2 nitrogen and oxygen atoms in total. The summed E-state index contributed by atoms with van der Waals surface area (Å²) in [5.41, 5.74) is 9.00. The van der Waals surface area contributed by atoms with Crippen LogP contribution in [-0.4, -0.2) is 5.11 Å². The normalized spacial score (nSPS) is 13.5. The van der Waals surface area contributed by atoms with Crippen molar-refractivity contribution in [1.29, 1.82) is 0 Å². The monoisotopic (exact) mass is 221 g/mol. The van der Waals surface area contributed by atoms with Crippen LogP contribution in [-0.2, 0) is 0 Å². The molecular weight excluding hydrogens is 198 g/mol.